The Bertz CT molecular complexity index is 995. The second-order valence-corrected chi connectivity index (χ2v) is 6.36. The van der Waals surface area contributed by atoms with Crippen LogP contribution in [0, 0.1) is 0 Å². The predicted octanol–water partition coefficient (Wildman–Crippen LogP) is 2.22. The van der Waals surface area contributed by atoms with Gasteiger partial charge in [0, 0.05) is 26.2 Å². The summed E-state index contributed by atoms with van der Waals surface area (Å²) >= 11 is 0. The normalized spacial score (nSPS) is 14.3. The maximum absolute atomic E-state index is 13.1. The minimum absolute atomic E-state index is 0.169. The van der Waals surface area contributed by atoms with E-state index < -0.39 is 0 Å². The molecule has 1 fully saturated rings. The summed E-state index contributed by atoms with van der Waals surface area (Å²) in [6.07, 6.45) is 1.47. The standard InChI is InChI=1S/C20H20N4O4/c1-2-27-18-17(21-14-6-3-4-7-15(14)22-18)20(26)24-11-9-23(10-12-24)19(25)16-8-5-13-28-16/h3-8,13H,2,9-12H2,1H3. The van der Waals surface area contributed by atoms with Crippen molar-refractivity contribution in [3.05, 3.63) is 54.1 Å². The van der Waals surface area contributed by atoms with Crippen LogP contribution in [0.1, 0.15) is 28.0 Å². The number of aromatic nitrogens is 2. The van der Waals surface area contributed by atoms with Crippen molar-refractivity contribution in [3.8, 4) is 5.88 Å². The summed E-state index contributed by atoms with van der Waals surface area (Å²) in [5.74, 6) is 0.128. The number of nitrogens with zero attached hydrogens (tertiary/aromatic N) is 4. The van der Waals surface area contributed by atoms with Gasteiger partial charge in [0.05, 0.1) is 23.9 Å². The zero-order valence-electron chi connectivity index (χ0n) is 15.5. The summed E-state index contributed by atoms with van der Waals surface area (Å²) in [6, 6.07) is 10.7. The lowest BCUT2D eigenvalue weighted by Gasteiger charge is -2.34. The molecule has 0 saturated carbocycles. The molecule has 1 aliphatic heterocycles. The second-order valence-electron chi connectivity index (χ2n) is 6.36. The van der Waals surface area contributed by atoms with Crippen LogP contribution in [0.25, 0.3) is 11.0 Å². The van der Waals surface area contributed by atoms with Gasteiger partial charge < -0.3 is 19.0 Å². The minimum atomic E-state index is -0.244. The smallest absolute Gasteiger partial charge is 0.289 e. The molecule has 2 amide bonds. The van der Waals surface area contributed by atoms with Crippen molar-refractivity contribution >= 4 is 22.8 Å². The van der Waals surface area contributed by atoms with Crippen LogP contribution < -0.4 is 4.74 Å². The van der Waals surface area contributed by atoms with Crippen LogP contribution >= 0.6 is 0 Å². The number of carbonyl (C=O) groups excluding carboxylic acids is 2. The summed E-state index contributed by atoms with van der Waals surface area (Å²) in [5, 5.41) is 0. The lowest BCUT2D eigenvalue weighted by molar-refractivity contribution is 0.0512. The molecule has 28 heavy (non-hydrogen) atoms. The molecular formula is C20H20N4O4. The second kappa shape index (κ2) is 7.67. The van der Waals surface area contributed by atoms with Crippen molar-refractivity contribution in [1.82, 2.24) is 19.8 Å². The van der Waals surface area contributed by atoms with Crippen LogP contribution in [0.3, 0.4) is 0 Å². The van der Waals surface area contributed by atoms with Gasteiger partial charge in [0.1, 0.15) is 0 Å². The Balaban J connectivity index is 1.52. The first-order chi connectivity index (χ1) is 13.7. The van der Waals surface area contributed by atoms with Gasteiger partial charge in [0.25, 0.3) is 11.8 Å². The Hall–Kier alpha value is -3.42. The van der Waals surface area contributed by atoms with Crippen molar-refractivity contribution < 1.29 is 18.7 Å². The lowest BCUT2D eigenvalue weighted by Crippen LogP contribution is -2.50. The molecule has 1 aromatic carbocycles. The van der Waals surface area contributed by atoms with Crippen LogP contribution in [-0.2, 0) is 0 Å². The number of benzene rings is 1. The highest BCUT2D eigenvalue weighted by atomic mass is 16.5. The molecule has 0 radical (unpaired) electrons. The number of para-hydroxylation sites is 2. The average molecular weight is 380 g/mol. The van der Waals surface area contributed by atoms with E-state index in [-0.39, 0.29) is 23.4 Å². The summed E-state index contributed by atoms with van der Waals surface area (Å²) < 4.78 is 10.7. The fraction of sp³-hybridized carbons (Fsp3) is 0.300. The predicted molar refractivity (Wildman–Crippen MR) is 101 cm³/mol. The van der Waals surface area contributed by atoms with Gasteiger partial charge in [-0.15, -0.1) is 0 Å². The molecule has 4 rings (SSSR count). The largest absolute Gasteiger partial charge is 0.476 e. The molecule has 2 aromatic heterocycles. The number of ether oxygens (including phenoxy) is 1. The first-order valence-electron chi connectivity index (χ1n) is 9.19. The number of fused-ring (bicyclic) bond motifs is 1. The first kappa shape index (κ1) is 18.0. The van der Waals surface area contributed by atoms with Gasteiger partial charge in [-0.1, -0.05) is 12.1 Å². The Kier molecular flexibility index (Phi) is 4.92. The third kappa shape index (κ3) is 3.40. The number of amides is 2. The molecule has 0 unspecified atom stereocenters. The molecule has 3 aromatic rings. The molecule has 1 saturated heterocycles. The SMILES string of the molecule is CCOc1nc2ccccc2nc1C(=O)N1CCN(C(=O)c2ccco2)CC1. The van der Waals surface area contributed by atoms with Crippen LogP contribution in [0.5, 0.6) is 5.88 Å². The molecule has 0 aliphatic carbocycles. The van der Waals surface area contributed by atoms with Crippen molar-refractivity contribution in [2.75, 3.05) is 32.8 Å². The van der Waals surface area contributed by atoms with Gasteiger partial charge in [-0.25, -0.2) is 9.97 Å². The van der Waals surface area contributed by atoms with E-state index in [1.54, 1.807) is 21.9 Å². The Morgan fingerprint density at radius 1 is 0.964 bits per heavy atom. The Labute approximate surface area is 161 Å². The molecule has 0 spiro atoms. The molecule has 144 valence electrons. The fourth-order valence-corrected chi connectivity index (χ4v) is 3.18. The Morgan fingerprint density at radius 2 is 1.61 bits per heavy atom. The van der Waals surface area contributed by atoms with Gasteiger partial charge in [0.15, 0.2) is 11.5 Å². The van der Waals surface area contributed by atoms with Crippen molar-refractivity contribution in [2.24, 2.45) is 0 Å². The van der Waals surface area contributed by atoms with Gasteiger partial charge in [0.2, 0.25) is 5.88 Å². The number of hydrogen-bond donors (Lipinski definition) is 0. The third-order valence-corrected chi connectivity index (χ3v) is 4.61. The molecule has 0 atom stereocenters. The Morgan fingerprint density at radius 3 is 2.21 bits per heavy atom. The highest BCUT2D eigenvalue weighted by molar-refractivity contribution is 5.97. The van der Waals surface area contributed by atoms with E-state index in [0.29, 0.717) is 49.6 Å². The van der Waals surface area contributed by atoms with Crippen LogP contribution in [0.4, 0.5) is 0 Å². The topological polar surface area (TPSA) is 88.8 Å². The van der Waals surface area contributed by atoms with E-state index in [9.17, 15) is 9.59 Å². The maximum atomic E-state index is 13.1. The van der Waals surface area contributed by atoms with E-state index >= 15 is 0 Å². The van der Waals surface area contributed by atoms with E-state index in [1.807, 2.05) is 31.2 Å². The van der Waals surface area contributed by atoms with E-state index in [1.165, 1.54) is 6.26 Å². The molecule has 8 nitrogen and oxygen atoms in total. The summed E-state index contributed by atoms with van der Waals surface area (Å²) in [4.78, 5) is 37.7. The zero-order valence-corrected chi connectivity index (χ0v) is 15.5. The van der Waals surface area contributed by atoms with Gasteiger partial charge in [-0.05, 0) is 31.2 Å². The van der Waals surface area contributed by atoms with Gasteiger partial charge in [-0.3, -0.25) is 9.59 Å². The van der Waals surface area contributed by atoms with E-state index in [4.69, 9.17) is 9.15 Å². The maximum Gasteiger partial charge on any atom is 0.289 e. The van der Waals surface area contributed by atoms with E-state index in [0.717, 1.165) is 0 Å². The lowest BCUT2D eigenvalue weighted by atomic mass is 10.2. The monoisotopic (exact) mass is 380 g/mol. The molecular weight excluding hydrogens is 360 g/mol. The van der Waals surface area contributed by atoms with E-state index in [2.05, 4.69) is 9.97 Å². The van der Waals surface area contributed by atoms with Crippen LogP contribution in [-0.4, -0.2) is 64.4 Å². The quantitative estimate of drug-likeness (QED) is 0.690. The number of piperazine rings is 1. The highest BCUT2D eigenvalue weighted by Crippen LogP contribution is 2.21. The van der Waals surface area contributed by atoms with Crippen LogP contribution in [0.2, 0.25) is 0 Å². The minimum Gasteiger partial charge on any atom is -0.476 e. The van der Waals surface area contributed by atoms with Gasteiger partial charge in [-0.2, -0.15) is 0 Å². The zero-order chi connectivity index (χ0) is 19.5. The number of carbonyl (C=O) groups is 2. The molecule has 1 aliphatic rings. The number of hydrogen-bond acceptors (Lipinski definition) is 6. The number of rotatable bonds is 4. The summed E-state index contributed by atoms with van der Waals surface area (Å²) in [6.45, 7) is 3.89. The van der Waals surface area contributed by atoms with Crippen molar-refractivity contribution in [3.63, 3.8) is 0 Å². The van der Waals surface area contributed by atoms with Gasteiger partial charge >= 0.3 is 0 Å². The summed E-state index contributed by atoms with van der Waals surface area (Å²) in [7, 11) is 0. The number of furan rings is 1. The van der Waals surface area contributed by atoms with Crippen LogP contribution in [0.15, 0.2) is 47.1 Å². The fourth-order valence-electron chi connectivity index (χ4n) is 3.18. The molecule has 8 heteroatoms. The first-order valence-corrected chi connectivity index (χ1v) is 9.19. The van der Waals surface area contributed by atoms with Crippen molar-refractivity contribution in [2.45, 2.75) is 6.92 Å². The average Bonchev–Trinajstić information content (AvgIpc) is 3.27. The third-order valence-electron chi connectivity index (χ3n) is 4.61. The van der Waals surface area contributed by atoms with Crippen molar-refractivity contribution in [1.29, 1.82) is 0 Å². The molecule has 3 heterocycles. The molecule has 0 bridgehead atoms. The molecule has 0 N–H and O–H groups in total. The summed E-state index contributed by atoms with van der Waals surface area (Å²) in [5.41, 5.74) is 1.52. The highest BCUT2D eigenvalue weighted by Gasteiger charge is 2.29.